The highest BCUT2D eigenvalue weighted by Gasteiger charge is 2.21. The van der Waals surface area contributed by atoms with Gasteiger partial charge in [0.25, 0.3) is 15.9 Å². The molecule has 0 aliphatic heterocycles. The average molecular weight is 477 g/mol. The number of nitrogens with one attached hydrogen (secondary N) is 2. The molecule has 0 saturated carbocycles. The van der Waals surface area contributed by atoms with Gasteiger partial charge in [-0.2, -0.15) is 0 Å². The van der Waals surface area contributed by atoms with Gasteiger partial charge in [-0.3, -0.25) is 9.52 Å². The van der Waals surface area contributed by atoms with Crippen molar-refractivity contribution in [2.45, 2.75) is 64.3 Å². The van der Waals surface area contributed by atoms with E-state index in [0.29, 0.717) is 16.8 Å². The van der Waals surface area contributed by atoms with Crippen molar-refractivity contribution in [2.75, 3.05) is 4.72 Å². The summed E-state index contributed by atoms with van der Waals surface area (Å²) < 4.78 is 29.0. The Bertz CT molecular complexity index is 1350. The third-order valence-corrected chi connectivity index (χ3v) is 8.09. The molecule has 178 valence electrons. The second kappa shape index (κ2) is 9.63. The van der Waals surface area contributed by atoms with Crippen molar-refractivity contribution >= 4 is 21.6 Å². The first kappa shape index (κ1) is 24.0. The first-order valence-corrected chi connectivity index (χ1v) is 13.3. The summed E-state index contributed by atoms with van der Waals surface area (Å²) in [5.41, 5.74) is 7.15. The summed E-state index contributed by atoms with van der Waals surface area (Å²) in [5, 5.41) is 3.03. The number of benzene rings is 3. The van der Waals surface area contributed by atoms with Crippen LogP contribution in [0.4, 0.5) is 5.69 Å². The molecule has 0 spiro atoms. The second-order valence-electron chi connectivity index (χ2n) is 9.33. The Morgan fingerprint density at radius 1 is 0.853 bits per heavy atom. The van der Waals surface area contributed by atoms with E-state index >= 15 is 0 Å². The molecule has 1 unspecified atom stereocenters. The molecule has 1 atom stereocenters. The zero-order valence-electron chi connectivity index (χ0n) is 20.2. The fourth-order valence-electron chi connectivity index (χ4n) is 4.54. The average Bonchev–Trinajstić information content (AvgIpc) is 2.80. The Kier molecular flexibility index (Phi) is 6.80. The summed E-state index contributed by atoms with van der Waals surface area (Å²) >= 11 is 0. The number of anilines is 1. The predicted octanol–water partition coefficient (Wildman–Crippen LogP) is 5.78. The van der Waals surface area contributed by atoms with E-state index in [-0.39, 0.29) is 16.8 Å². The fraction of sp³-hybridized carbons (Fsp3) is 0.321. The van der Waals surface area contributed by atoms with Crippen molar-refractivity contribution in [2.24, 2.45) is 0 Å². The molecule has 0 heterocycles. The minimum absolute atomic E-state index is 0.0987. The molecule has 0 saturated heterocycles. The Morgan fingerprint density at radius 3 is 2.32 bits per heavy atom. The number of hydrogen-bond acceptors (Lipinski definition) is 3. The first-order chi connectivity index (χ1) is 16.1. The van der Waals surface area contributed by atoms with E-state index < -0.39 is 10.0 Å². The van der Waals surface area contributed by atoms with Crippen molar-refractivity contribution in [3.05, 3.63) is 93.5 Å². The summed E-state index contributed by atoms with van der Waals surface area (Å²) in [6.45, 7) is 7.51. The lowest BCUT2D eigenvalue weighted by molar-refractivity contribution is 0.0939. The number of aryl methyl sites for hydroxylation is 5. The zero-order chi connectivity index (χ0) is 24.5. The van der Waals surface area contributed by atoms with Crippen LogP contribution in [-0.4, -0.2) is 14.3 Å². The Morgan fingerprint density at radius 2 is 1.59 bits per heavy atom. The second-order valence-corrected chi connectivity index (χ2v) is 11.0. The molecule has 2 N–H and O–H groups in total. The standard InChI is InChI=1S/C28H32N2O3S/c1-18-9-14-26(20(3)15-18)30-34(32,33)27-17-25(11-10-19(27)2)28(31)29-21(4)23-13-12-22-7-5-6-8-24(22)16-23/h9-17,21,30H,5-8H2,1-4H3,(H,29,31). The molecule has 1 aliphatic rings. The van der Waals surface area contributed by atoms with E-state index in [2.05, 4.69) is 28.2 Å². The molecule has 3 aromatic rings. The number of amides is 1. The Hall–Kier alpha value is -3.12. The topological polar surface area (TPSA) is 75.3 Å². The first-order valence-electron chi connectivity index (χ1n) is 11.8. The lowest BCUT2D eigenvalue weighted by Gasteiger charge is -2.20. The maximum atomic E-state index is 13.2. The van der Waals surface area contributed by atoms with Crippen LogP contribution in [-0.2, 0) is 22.9 Å². The van der Waals surface area contributed by atoms with Crippen LogP contribution < -0.4 is 10.0 Å². The molecule has 34 heavy (non-hydrogen) atoms. The van der Waals surface area contributed by atoms with Gasteiger partial charge >= 0.3 is 0 Å². The molecule has 4 rings (SSSR count). The molecule has 0 radical (unpaired) electrons. The molecule has 1 amide bonds. The van der Waals surface area contributed by atoms with Gasteiger partial charge < -0.3 is 5.32 Å². The number of carbonyl (C=O) groups excluding carboxylic acids is 1. The predicted molar refractivity (Wildman–Crippen MR) is 137 cm³/mol. The zero-order valence-corrected chi connectivity index (χ0v) is 21.1. The van der Waals surface area contributed by atoms with Gasteiger partial charge in [0.15, 0.2) is 0 Å². The van der Waals surface area contributed by atoms with E-state index in [1.807, 2.05) is 32.9 Å². The van der Waals surface area contributed by atoms with E-state index in [4.69, 9.17) is 0 Å². The number of hydrogen-bond donors (Lipinski definition) is 2. The van der Waals surface area contributed by atoms with Crippen molar-refractivity contribution < 1.29 is 13.2 Å². The van der Waals surface area contributed by atoms with Crippen LogP contribution in [0, 0.1) is 20.8 Å². The van der Waals surface area contributed by atoms with Crippen LogP contribution in [0.1, 0.15) is 69.5 Å². The van der Waals surface area contributed by atoms with E-state index in [9.17, 15) is 13.2 Å². The van der Waals surface area contributed by atoms with Crippen LogP contribution >= 0.6 is 0 Å². The fourth-order valence-corrected chi connectivity index (χ4v) is 5.95. The maximum absolute atomic E-state index is 13.2. The Balaban J connectivity index is 1.54. The molecule has 0 bridgehead atoms. The van der Waals surface area contributed by atoms with Crippen molar-refractivity contribution in [3.8, 4) is 0 Å². The van der Waals surface area contributed by atoms with Gasteiger partial charge in [-0.25, -0.2) is 8.42 Å². The van der Waals surface area contributed by atoms with Crippen LogP contribution in [0.3, 0.4) is 0 Å². The van der Waals surface area contributed by atoms with Gasteiger partial charge in [-0.05, 0) is 99.4 Å². The number of fused-ring (bicyclic) bond motifs is 1. The lowest BCUT2D eigenvalue weighted by Crippen LogP contribution is -2.27. The summed E-state index contributed by atoms with van der Waals surface area (Å²) in [6.07, 6.45) is 4.63. The van der Waals surface area contributed by atoms with Crippen molar-refractivity contribution in [1.29, 1.82) is 0 Å². The number of rotatable bonds is 6. The Labute approximate surface area is 202 Å². The number of carbonyl (C=O) groups is 1. The van der Waals surface area contributed by atoms with Gasteiger partial charge in [0.2, 0.25) is 0 Å². The number of sulfonamides is 1. The van der Waals surface area contributed by atoms with Crippen LogP contribution in [0.2, 0.25) is 0 Å². The third kappa shape index (κ3) is 5.17. The van der Waals surface area contributed by atoms with Crippen LogP contribution in [0.15, 0.2) is 59.5 Å². The highest BCUT2D eigenvalue weighted by Crippen LogP contribution is 2.26. The molecular formula is C28H32N2O3S. The molecule has 5 nitrogen and oxygen atoms in total. The van der Waals surface area contributed by atoms with Crippen LogP contribution in [0.5, 0.6) is 0 Å². The SMILES string of the molecule is Cc1ccc(NS(=O)(=O)c2cc(C(=O)NC(C)c3ccc4c(c3)CCCC4)ccc2C)c(C)c1. The maximum Gasteiger partial charge on any atom is 0.262 e. The lowest BCUT2D eigenvalue weighted by atomic mass is 9.89. The summed E-state index contributed by atoms with van der Waals surface area (Å²) in [6, 6.07) is 16.6. The smallest absolute Gasteiger partial charge is 0.262 e. The minimum Gasteiger partial charge on any atom is -0.346 e. The summed E-state index contributed by atoms with van der Waals surface area (Å²) in [4.78, 5) is 13.1. The quantitative estimate of drug-likeness (QED) is 0.473. The summed E-state index contributed by atoms with van der Waals surface area (Å²) in [7, 11) is -3.86. The molecule has 0 aromatic heterocycles. The normalized spacial score (nSPS) is 14.2. The molecule has 3 aromatic carbocycles. The molecule has 6 heteroatoms. The summed E-state index contributed by atoms with van der Waals surface area (Å²) in [5.74, 6) is -0.298. The molecule has 0 fully saturated rings. The van der Waals surface area contributed by atoms with Crippen molar-refractivity contribution in [1.82, 2.24) is 5.32 Å². The van der Waals surface area contributed by atoms with Crippen LogP contribution in [0.25, 0.3) is 0 Å². The van der Waals surface area contributed by atoms with Gasteiger partial charge in [-0.15, -0.1) is 0 Å². The monoisotopic (exact) mass is 476 g/mol. The van der Waals surface area contributed by atoms with Gasteiger partial charge in [-0.1, -0.05) is 42.0 Å². The van der Waals surface area contributed by atoms with Gasteiger partial charge in [0.05, 0.1) is 16.6 Å². The van der Waals surface area contributed by atoms with E-state index in [1.165, 1.54) is 30.0 Å². The molecule has 1 aliphatic carbocycles. The highest BCUT2D eigenvalue weighted by atomic mass is 32.2. The van der Waals surface area contributed by atoms with Gasteiger partial charge in [0.1, 0.15) is 0 Å². The third-order valence-electron chi connectivity index (χ3n) is 6.59. The molecular weight excluding hydrogens is 444 g/mol. The van der Waals surface area contributed by atoms with E-state index in [1.54, 1.807) is 25.1 Å². The van der Waals surface area contributed by atoms with E-state index in [0.717, 1.165) is 29.5 Å². The van der Waals surface area contributed by atoms with Crippen molar-refractivity contribution in [3.63, 3.8) is 0 Å². The minimum atomic E-state index is -3.86. The largest absolute Gasteiger partial charge is 0.346 e. The van der Waals surface area contributed by atoms with Gasteiger partial charge in [0, 0.05) is 5.56 Å². The highest BCUT2D eigenvalue weighted by molar-refractivity contribution is 7.92.